The summed E-state index contributed by atoms with van der Waals surface area (Å²) in [5.41, 5.74) is 0. The average Bonchev–Trinajstić information content (AvgIpc) is 2.21. The highest BCUT2D eigenvalue weighted by Gasteiger charge is 2.17. The Hall–Kier alpha value is -0.0151. The summed E-state index contributed by atoms with van der Waals surface area (Å²) in [5, 5.41) is 0. The van der Waals surface area contributed by atoms with Crippen LogP contribution in [-0.4, -0.2) is 43.4 Å². The van der Waals surface area contributed by atoms with E-state index >= 15 is 0 Å². The van der Waals surface area contributed by atoms with E-state index in [1.807, 2.05) is 0 Å². The molecule has 0 spiro atoms. The molecule has 0 aromatic carbocycles. The van der Waals surface area contributed by atoms with Crippen molar-refractivity contribution < 1.29 is 0 Å². The zero-order valence-electron chi connectivity index (χ0n) is 8.67. The molecule has 74 valence electrons. The maximum Gasteiger partial charge on any atom is 0.291 e. The molecule has 13 heavy (non-hydrogen) atoms. The molecule has 0 atom stereocenters. The van der Waals surface area contributed by atoms with Crippen molar-refractivity contribution in [3.05, 3.63) is 0 Å². The molecule has 0 amide bonds. The Bertz CT molecular complexity index is 124. The molecule has 2 fully saturated rings. The largest absolute Gasteiger partial charge is 0.331 e. The molecule has 0 unspecified atom stereocenters. The Morgan fingerprint density at radius 2 is 0.923 bits per heavy atom. The maximum absolute atomic E-state index is 2.63. The van der Waals surface area contributed by atoms with Crippen LogP contribution in [0, 0.1) is 0 Å². The topological polar surface area (TPSA) is 6.48 Å². The van der Waals surface area contributed by atoms with E-state index in [0.29, 0.717) is 0 Å². The first-order chi connectivity index (χ1) is 6.45. The minimum Gasteiger partial charge on any atom is -0.331 e. The van der Waals surface area contributed by atoms with Crippen LogP contribution >= 0.6 is 0 Å². The van der Waals surface area contributed by atoms with Gasteiger partial charge in [-0.15, -0.1) is 0 Å². The molecule has 2 heterocycles. The summed E-state index contributed by atoms with van der Waals surface area (Å²) in [5.74, 6) is 0. The van der Waals surface area contributed by atoms with Gasteiger partial charge < -0.3 is 9.62 Å². The monoisotopic (exact) mass is 180 g/mol. The molecule has 2 saturated heterocycles. The van der Waals surface area contributed by atoms with Gasteiger partial charge in [-0.1, -0.05) is 12.8 Å². The molecule has 0 radical (unpaired) electrons. The third-order valence-electron chi connectivity index (χ3n) is 3.30. The Kier molecular flexibility index (Phi) is 3.68. The van der Waals surface area contributed by atoms with Gasteiger partial charge in [0, 0.05) is 0 Å². The van der Waals surface area contributed by atoms with Gasteiger partial charge in [0.25, 0.3) is 7.55 Å². The van der Waals surface area contributed by atoms with E-state index in [1.165, 1.54) is 72.3 Å². The Morgan fingerprint density at radius 1 is 0.538 bits per heavy atom. The standard InChI is InChI=1S/C10H21BN2/c1-3-7-12(8-4-1)11-13-9-5-2-6-10-13/h11H,1-10H2. The van der Waals surface area contributed by atoms with Crippen LogP contribution in [0.4, 0.5) is 0 Å². The van der Waals surface area contributed by atoms with Gasteiger partial charge in [-0.2, -0.15) is 0 Å². The highest BCUT2D eigenvalue weighted by molar-refractivity contribution is 6.28. The fourth-order valence-electron chi connectivity index (χ4n) is 2.48. The van der Waals surface area contributed by atoms with Crippen LogP contribution in [0.1, 0.15) is 38.5 Å². The van der Waals surface area contributed by atoms with E-state index < -0.39 is 0 Å². The van der Waals surface area contributed by atoms with Crippen LogP contribution in [-0.2, 0) is 0 Å². The summed E-state index contributed by atoms with van der Waals surface area (Å²) in [6, 6.07) is 0. The van der Waals surface area contributed by atoms with Gasteiger partial charge in [0.2, 0.25) is 0 Å². The van der Waals surface area contributed by atoms with E-state index in [0.717, 1.165) is 0 Å². The summed E-state index contributed by atoms with van der Waals surface area (Å²) in [6.45, 7) is 5.38. The molecule has 0 saturated carbocycles. The van der Waals surface area contributed by atoms with Gasteiger partial charge in [0.05, 0.1) is 0 Å². The molecule has 0 aromatic rings. The van der Waals surface area contributed by atoms with Crippen molar-refractivity contribution in [2.24, 2.45) is 0 Å². The predicted molar refractivity (Wildman–Crippen MR) is 58.0 cm³/mol. The lowest BCUT2D eigenvalue weighted by molar-refractivity contribution is 0.294. The summed E-state index contributed by atoms with van der Waals surface area (Å²) in [7, 11) is 1.25. The molecule has 3 heteroatoms. The highest BCUT2D eigenvalue weighted by Crippen LogP contribution is 2.11. The van der Waals surface area contributed by atoms with Crippen LogP contribution < -0.4 is 0 Å². The third-order valence-corrected chi connectivity index (χ3v) is 3.30. The number of piperidine rings is 2. The van der Waals surface area contributed by atoms with E-state index in [2.05, 4.69) is 9.62 Å². The SMILES string of the molecule is B(N1CCCCC1)N1CCCCC1. The lowest BCUT2D eigenvalue weighted by atomic mass is 9.95. The second-order valence-electron chi connectivity index (χ2n) is 4.50. The van der Waals surface area contributed by atoms with Gasteiger partial charge in [-0.3, -0.25) is 0 Å². The maximum atomic E-state index is 2.63. The second-order valence-corrected chi connectivity index (χ2v) is 4.50. The Labute approximate surface area is 82.6 Å². The van der Waals surface area contributed by atoms with Gasteiger partial charge in [-0.25, -0.2) is 0 Å². The van der Waals surface area contributed by atoms with Crippen LogP contribution in [0.15, 0.2) is 0 Å². The van der Waals surface area contributed by atoms with Gasteiger partial charge in [-0.05, 0) is 51.9 Å². The Balaban J connectivity index is 1.69. The molecule has 2 nitrogen and oxygen atoms in total. The fourth-order valence-corrected chi connectivity index (χ4v) is 2.48. The highest BCUT2D eigenvalue weighted by atomic mass is 15.2. The van der Waals surface area contributed by atoms with E-state index in [4.69, 9.17) is 0 Å². The van der Waals surface area contributed by atoms with Crippen molar-refractivity contribution in [2.75, 3.05) is 26.2 Å². The second kappa shape index (κ2) is 5.01. The normalized spacial score (nSPS) is 27.4. The van der Waals surface area contributed by atoms with Crippen LogP contribution in [0.5, 0.6) is 0 Å². The first-order valence-corrected chi connectivity index (χ1v) is 5.90. The lowest BCUT2D eigenvalue weighted by Gasteiger charge is -2.33. The zero-order chi connectivity index (χ0) is 8.93. The predicted octanol–water partition coefficient (Wildman–Crippen LogP) is 1.22. The molecular weight excluding hydrogens is 159 g/mol. The van der Waals surface area contributed by atoms with Gasteiger partial charge >= 0.3 is 0 Å². The van der Waals surface area contributed by atoms with E-state index in [-0.39, 0.29) is 0 Å². The summed E-state index contributed by atoms with van der Waals surface area (Å²) in [4.78, 5) is 5.27. The smallest absolute Gasteiger partial charge is 0.291 e. The summed E-state index contributed by atoms with van der Waals surface area (Å²) < 4.78 is 0. The number of nitrogens with zero attached hydrogens (tertiary/aromatic N) is 2. The van der Waals surface area contributed by atoms with Crippen LogP contribution in [0.2, 0.25) is 0 Å². The van der Waals surface area contributed by atoms with Gasteiger partial charge in [0.15, 0.2) is 0 Å². The minimum absolute atomic E-state index is 1.25. The van der Waals surface area contributed by atoms with Gasteiger partial charge in [0.1, 0.15) is 0 Å². The number of hydrogen-bond donors (Lipinski definition) is 0. The molecule has 0 bridgehead atoms. The minimum atomic E-state index is 1.25. The van der Waals surface area contributed by atoms with Crippen molar-refractivity contribution in [3.63, 3.8) is 0 Å². The summed E-state index contributed by atoms with van der Waals surface area (Å²) >= 11 is 0. The summed E-state index contributed by atoms with van der Waals surface area (Å²) in [6.07, 6.45) is 8.61. The molecule has 2 aliphatic rings. The van der Waals surface area contributed by atoms with Crippen molar-refractivity contribution in [2.45, 2.75) is 38.5 Å². The number of hydrogen-bond acceptors (Lipinski definition) is 2. The molecule has 2 rings (SSSR count). The van der Waals surface area contributed by atoms with E-state index in [1.54, 1.807) is 0 Å². The molecule has 0 aliphatic carbocycles. The van der Waals surface area contributed by atoms with Crippen molar-refractivity contribution >= 4 is 7.55 Å². The molecule has 2 aliphatic heterocycles. The zero-order valence-corrected chi connectivity index (χ0v) is 8.67. The fraction of sp³-hybridized carbons (Fsp3) is 1.00. The molecular formula is C10H21BN2. The quantitative estimate of drug-likeness (QED) is 0.589. The van der Waals surface area contributed by atoms with Crippen LogP contribution in [0.3, 0.4) is 0 Å². The third kappa shape index (κ3) is 2.99. The number of rotatable bonds is 2. The lowest BCUT2D eigenvalue weighted by Crippen LogP contribution is -2.45. The van der Waals surface area contributed by atoms with Crippen molar-refractivity contribution in [1.29, 1.82) is 0 Å². The first kappa shape index (κ1) is 9.54. The molecule has 0 aromatic heterocycles. The van der Waals surface area contributed by atoms with E-state index in [9.17, 15) is 0 Å². The average molecular weight is 180 g/mol. The van der Waals surface area contributed by atoms with Crippen LogP contribution in [0.25, 0.3) is 0 Å². The molecule has 0 N–H and O–H groups in total. The van der Waals surface area contributed by atoms with Crippen molar-refractivity contribution in [1.82, 2.24) is 9.62 Å². The first-order valence-electron chi connectivity index (χ1n) is 5.90. The van der Waals surface area contributed by atoms with Crippen molar-refractivity contribution in [3.8, 4) is 0 Å². The Morgan fingerprint density at radius 3 is 1.31 bits per heavy atom.